The van der Waals surface area contributed by atoms with Crippen molar-refractivity contribution in [3.63, 3.8) is 0 Å². The number of para-hydroxylation sites is 1. The Morgan fingerprint density at radius 2 is 1.77 bits per heavy atom. The zero-order chi connectivity index (χ0) is 17.9. The van der Waals surface area contributed by atoms with Crippen LogP contribution in [-0.2, 0) is 0 Å². The second-order valence-corrected chi connectivity index (χ2v) is 6.29. The second-order valence-electron chi connectivity index (χ2n) is 6.29. The molecule has 0 atom stereocenters. The summed E-state index contributed by atoms with van der Waals surface area (Å²) in [4.78, 5) is 29.7. The molecule has 0 spiro atoms. The van der Waals surface area contributed by atoms with Crippen molar-refractivity contribution in [2.24, 2.45) is 0 Å². The number of hydrogen-bond acceptors (Lipinski definition) is 6. The summed E-state index contributed by atoms with van der Waals surface area (Å²) in [7, 11) is 0. The van der Waals surface area contributed by atoms with Gasteiger partial charge in [-0.25, -0.2) is 4.98 Å². The summed E-state index contributed by atoms with van der Waals surface area (Å²) in [5.74, 6) is 1.15. The molecule has 0 saturated carbocycles. The summed E-state index contributed by atoms with van der Waals surface area (Å²) in [6.07, 6.45) is 4.14. The zero-order valence-corrected chi connectivity index (χ0v) is 14.4. The Balaban J connectivity index is 1.53. The fraction of sp³-hybridized carbons (Fsp3) is 0.263. The number of amides is 1. The number of carbonyl (C=O) groups excluding carboxylic acids is 1. The Labute approximate surface area is 151 Å². The lowest BCUT2D eigenvalue weighted by Gasteiger charge is -2.22. The number of hydrogen-bond donors (Lipinski definition) is 1. The first-order valence-corrected chi connectivity index (χ1v) is 8.69. The van der Waals surface area contributed by atoms with Crippen LogP contribution in [0.25, 0.3) is 10.9 Å². The lowest BCUT2D eigenvalue weighted by atomic mass is 10.2. The summed E-state index contributed by atoms with van der Waals surface area (Å²) in [5.41, 5.74) is 7.61. The van der Waals surface area contributed by atoms with Gasteiger partial charge in [0.05, 0.1) is 5.52 Å². The van der Waals surface area contributed by atoms with Gasteiger partial charge in [0, 0.05) is 49.5 Å². The lowest BCUT2D eigenvalue weighted by molar-refractivity contribution is 0.0767. The number of fused-ring (bicyclic) bond motifs is 1. The minimum Gasteiger partial charge on any atom is -0.383 e. The maximum Gasteiger partial charge on any atom is 0.254 e. The third-order valence-electron chi connectivity index (χ3n) is 4.61. The van der Waals surface area contributed by atoms with Crippen LogP contribution in [0.15, 0.2) is 48.8 Å². The Hall–Kier alpha value is -3.22. The summed E-state index contributed by atoms with van der Waals surface area (Å²) in [5, 5.41) is 0.862. The molecular formula is C19H20N6O. The van der Waals surface area contributed by atoms with Crippen LogP contribution in [0.4, 0.5) is 11.8 Å². The fourth-order valence-corrected chi connectivity index (χ4v) is 3.23. The number of nitrogens with two attached hydrogens (primary N) is 1. The number of nitrogen functional groups attached to an aromatic ring is 1. The SMILES string of the molecule is Nc1nc(N2CCCN(C(=O)c3ccncc3)CC2)nc2ccccc12. The van der Waals surface area contributed by atoms with Gasteiger partial charge in [0.1, 0.15) is 5.82 Å². The van der Waals surface area contributed by atoms with Crippen molar-refractivity contribution in [1.29, 1.82) is 0 Å². The molecule has 4 rings (SSSR count). The lowest BCUT2D eigenvalue weighted by Crippen LogP contribution is -2.35. The van der Waals surface area contributed by atoms with Crippen LogP contribution in [-0.4, -0.2) is 51.9 Å². The molecule has 0 unspecified atom stereocenters. The van der Waals surface area contributed by atoms with E-state index in [0.29, 0.717) is 37.0 Å². The first-order valence-electron chi connectivity index (χ1n) is 8.69. The number of carbonyl (C=O) groups is 1. The third-order valence-corrected chi connectivity index (χ3v) is 4.61. The zero-order valence-electron chi connectivity index (χ0n) is 14.4. The van der Waals surface area contributed by atoms with Crippen molar-refractivity contribution >= 4 is 28.6 Å². The van der Waals surface area contributed by atoms with E-state index in [4.69, 9.17) is 5.73 Å². The van der Waals surface area contributed by atoms with E-state index in [1.54, 1.807) is 24.5 Å². The maximum absolute atomic E-state index is 12.7. The van der Waals surface area contributed by atoms with Crippen molar-refractivity contribution in [3.05, 3.63) is 54.4 Å². The third kappa shape index (κ3) is 3.15. The van der Waals surface area contributed by atoms with E-state index in [1.807, 2.05) is 29.2 Å². The van der Waals surface area contributed by atoms with Crippen LogP contribution in [0, 0.1) is 0 Å². The number of pyridine rings is 1. The van der Waals surface area contributed by atoms with E-state index in [1.165, 1.54) is 0 Å². The molecule has 1 saturated heterocycles. The van der Waals surface area contributed by atoms with Gasteiger partial charge in [-0.2, -0.15) is 4.98 Å². The highest BCUT2D eigenvalue weighted by Gasteiger charge is 2.22. The molecule has 2 N–H and O–H groups in total. The molecule has 3 heterocycles. The van der Waals surface area contributed by atoms with Crippen LogP contribution in [0.2, 0.25) is 0 Å². The van der Waals surface area contributed by atoms with Gasteiger partial charge in [-0.05, 0) is 30.7 Å². The molecule has 132 valence electrons. The van der Waals surface area contributed by atoms with Crippen LogP contribution in [0.5, 0.6) is 0 Å². The summed E-state index contributed by atoms with van der Waals surface area (Å²) in [6, 6.07) is 11.2. The molecule has 3 aromatic rings. The molecule has 7 nitrogen and oxygen atoms in total. The van der Waals surface area contributed by atoms with E-state index in [9.17, 15) is 4.79 Å². The number of anilines is 2. The average Bonchev–Trinajstić information content (AvgIpc) is 2.94. The highest BCUT2D eigenvalue weighted by atomic mass is 16.2. The van der Waals surface area contributed by atoms with E-state index >= 15 is 0 Å². The first kappa shape index (κ1) is 16.3. The molecule has 2 aromatic heterocycles. The van der Waals surface area contributed by atoms with Crippen molar-refractivity contribution in [3.8, 4) is 0 Å². The van der Waals surface area contributed by atoms with E-state index < -0.39 is 0 Å². The van der Waals surface area contributed by atoms with Gasteiger partial charge in [0.2, 0.25) is 5.95 Å². The van der Waals surface area contributed by atoms with E-state index in [-0.39, 0.29) is 5.91 Å². The molecular weight excluding hydrogens is 328 g/mol. The molecule has 7 heteroatoms. The van der Waals surface area contributed by atoms with Gasteiger partial charge >= 0.3 is 0 Å². The predicted molar refractivity (Wildman–Crippen MR) is 101 cm³/mol. The quantitative estimate of drug-likeness (QED) is 0.762. The Morgan fingerprint density at radius 1 is 0.962 bits per heavy atom. The molecule has 1 fully saturated rings. The van der Waals surface area contributed by atoms with Gasteiger partial charge in [0.25, 0.3) is 5.91 Å². The highest BCUT2D eigenvalue weighted by Crippen LogP contribution is 2.22. The summed E-state index contributed by atoms with van der Waals surface area (Å²) >= 11 is 0. The molecule has 1 aliphatic heterocycles. The molecule has 1 amide bonds. The molecule has 1 aromatic carbocycles. The minimum atomic E-state index is 0.0354. The van der Waals surface area contributed by atoms with Crippen molar-refractivity contribution in [2.75, 3.05) is 36.8 Å². The number of benzene rings is 1. The highest BCUT2D eigenvalue weighted by molar-refractivity contribution is 5.94. The normalized spacial score (nSPS) is 15.1. The van der Waals surface area contributed by atoms with Gasteiger partial charge in [-0.1, -0.05) is 12.1 Å². The van der Waals surface area contributed by atoms with Crippen molar-refractivity contribution < 1.29 is 4.79 Å². The largest absolute Gasteiger partial charge is 0.383 e. The topological polar surface area (TPSA) is 88.2 Å². The van der Waals surface area contributed by atoms with Gasteiger partial charge in [0.15, 0.2) is 0 Å². The molecule has 0 bridgehead atoms. The molecule has 1 aliphatic rings. The minimum absolute atomic E-state index is 0.0354. The predicted octanol–water partition coefficient (Wildman–Crippen LogP) is 1.96. The Kier molecular flexibility index (Phi) is 4.35. The number of nitrogens with zero attached hydrogens (tertiary/aromatic N) is 5. The van der Waals surface area contributed by atoms with Gasteiger partial charge in [-0.15, -0.1) is 0 Å². The Bertz CT molecular complexity index is 930. The average molecular weight is 348 g/mol. The van der Waals surface area contributed by atoms with Crippen LogP contribution in [0.1, 0.15) is 16.8 Å². The summed E-state index contributed by atoms with van der Waals surface area (Å²) < 4.78 is 0. The van der Waals surface area contributed by atoms with E-state index in [2.05, 4.69) is 19.9 Å². The maximum atomic E-state index is 12.7. The van der Waals surface area contributed by atoms with Crippen LogP contribution in [0.3, 0.4) is 0 Å². The van der Waals surface area contributed by atoms with Gasteiger partial charge < -0.3 is 15.5 Å². The van der Waals surface area contributed by atoms with Gasteiger partial charge in [-0.3, -0.25) is 9.78 Å². The van der Waals surface area contributed by atoms with Crippen LogP contribution < -0.4 is 10.6 Å². The molecule has 0 aliphatic carbocycles. The number of aromatic nitrogens is 3. The first-order chi connectivity index (χ1) is 12.7. The number of rotatable bonds is 2. The standard InChI is InChI=1S/C19H20N6O/c20-17-15-4-1-2-5-16(15)22-19(23-17)25-11-3-10-24(12-13-25)18(26)14-6-8-21-9-7-14/h1-2,4-9H,3,10-13H2,(H2,20,22,23). The fourth-order valence-electron chi connectivity index (χ4n) is 3.23. The van der Waals surface area contributed by atoms with Crippen LogP contribution >= 0.6 is 0 Å². The van der Waals surface area contributed by atoms with E-state index in [0.717, 1.165) is 23.9 Å². The Morgan fingerprint density at radius 3 is 2.62 bits per heavy atom. The summed E-state index contributed by atoms with van der Waals surface area (Å²) in [6.45, 7) is 2.80. The molecule has 0 radical (unpaired) electrons. The second kappa shape index (κ2) is 6.95. The monoisotopic (exact) mass is 348 g/mol. The van der Waals surface area contributed by atoms with Crippen molar-refractivity contribution in [1.82, 2.24) is 19.9 Å². The smallest absolute Gasteiger partial charge is 0.254 e. The molecule has 26 heavy (non-hydrogen) atoms. The van der Waals surface area contributed by atoms with Crippen molar-refractivity contribution in [2.45, 2.75) is 6.42 Å².